The smallest absolute Gasteiger partial charge is 0.252 e. The van der Waals surface area contributed by atoms with Gasteiger partial charge in [0.2, 0.25) is 0 Å². The summed E-state index contributed by atoms with van der Waals surface area (Å²) in [6.07, 6.45) is 0. The van der Waals surface area contributed by atoms with Gasteiger partial charge in [0.25, 0.3) is 5.91 Å². The maximum absolute atomic E-state index is 12.7. The number of nitrogens with zero attached hydrogens (tertiary/aromatic N) is 1. The molecule has 0 fully saturated rings. The standard InChI is InChI=1S/C13H9FN2OS/c14-10-5-3-9(4-6-10)13(17)16-11(8-15)12-2-1-7-18-12/h1-7,11H,(H,16,17). The van der Waals surface area contributed by atoms with Crippen LogP contribution in [0.5, 0.6) is 0 Å². The second-order valence-electron chi connectivity index (χ2n) is 3.56. The summed E-state index contributed by atoms with van der Waals surface area (Å²) in [6, 6.07) is 10.1. The highest BCUT2D eigenvalue weighted by atomic mass is 32.1. The number of carbonyl (C=O) groups excluding carboxylic acids is 1. The molecule has 18 heavy (non-hydrogen) atoms. The normalized spacial score (nSPS) is 11.6. The monoisotopic (exact) mass is 260 g/mol. The minimum Gasteiger partial charge on any atom is -0.332 e. The first-order valence-corrected chi connectivity index (χ1v) is 6.08. The summed E-state index contributed by atoms with van der Waals surface area (Å²) in [5.74, 6) is -0.795. The molecule has 1 atom stereocenters. The largest absolute Gasteiger partial charge is 0.332 e. The van der Waals surface area contributed by atoms with Crippen LogP contribution in [0.3, 0.4) is 0 Å². The van der Waals surface area contributed by atoms with Gasteiger partial charge in [-0.05, 0) is 35.7 Å². The van der Waals surface area contributed by atoms with Crippen molar-refractivity contribution in [2.24, 2.45) is 0 Å². The van der Waals surface area contributed by atoms with Gasteiger partial charge in [-0.25, -0.2) is 4.39 Å². The topological polar surface area (TPSA) is 52.9 Å². The number of carbonyl (C=O) groups is 1. The molecule has 0 saturated carbocycles. The number of rotatable bonds is 3. The van der Waals surface area contributed by atoms with Gasteiger partial charge in [0.15, 0.2) is 6.04 Å². The van der Waals surface area contributed by atoms with Crippen LogP contribution in [0.4, 0.5) is 4.39 Å². The Morgan fingerprint density at radius 3 is 2.61 bits per heavy atom. The maximum Gasteiger partial charge on any atom is 0.252 e. The third-order valence-electron chi connectivity index (χ3n) is 2.34. The van der Waals surface area contributed by atoms with E-state index in [1.807, 2.05) is 17.5 Å². The van der Waals surface area contributed by atoms with E-state index in [1.54, 1.807) is 6.07 Å². The fourth-order valence-corrected chi connectivity index (χ4v) is 2.16. The molecule has 3 nitrogen and oxygen atoms in total. The molecular formula is C13H9FN2OS. The number of nitriles is 1. The first-order valence-electron chi connectivity index (χ1n) is 5.20. The first-order chi connectivity index (χ1) is 8.70. The van der Waals surface area contributed by atoms with Crippen molar-refractivity contribution < 1.29 is 9.18 Å². The lowest BCUT2D eigenvalue weighted by Crippen LogP contribution is -2.27. The van der Waals surface area contributed by atoms with Gasteiger partial charge in [-0.1, -0.05) is 6.07 Å². The van der Waals surface area contributed by atoms with E-state index in [-0.39, 0.29) is 0 Å². The summed E-state index contributed by atoms with van der Waals surface area (Å²) in [7, 11) is 0. The van der Waals surface area contributed by atoms with Crippen LogP contribution in [0, 0.1) is 17.1 Å². The predicted molar refractivity (Wildman–Crippen MR) is 66.5 cm³/mol. The van der Waals surface area contributed by atoms with Crippen LogP contribution >= 0.6 is 11.3 Å². The van der Waals surface area contributed by atoms with E-state index in [9.17, 15) is 9.18 Å². The Labute approximate surface area is 107 Å². The summed E-state index contributed by atoms with van der Waals surface area (Å²) in [6.45, 7) is 0. The van der Waals surface area contributed by atoms with Crippen molar-refractivity contribution in [3.63, 3.8) is 0 Å². The zero-order valence-corrected chi connectivity index (χ0v) is 10.1. The highest BCUT2D eigenvalue weighted by molar-refractivity contribution is 7.10. The highest BCUT2D eigenvalue weighted by Gasteiger charge is 2.15. The van der Waals surface area contributed by atoms with Crippen molar-refractivity contribution in [1.82, 2.24) is 5.32 Å². The SMILES string of the molecule is N#CC(NC(=O)c1ccc(F)cc1)c1cccs1. The van der Waals surface area contributed by atoms with Gasteiger partial charge < -0.3 is 5.32 Å². The van der Waals surface area contributed by atoms with Crippen LogP contribution in [0.1, 0.15) is 21.3 Å². The third kappa shape index (κ3) is 2.73. The van der Waals surface area contributed by atoms with Crippen LogP contribution < -0.4 is 5.32 Å². The average Bonchev–Trinajstić information content (AvgIpc) is 2.90. The van der Waals surface area contributed by atoms with Crippen molar-refractivity contribution in [1.29, 1.82) is 5.26 Å². The zero-order valence-electron chi connectivity index (χ0n) is 9.26. The highest BCUT2D eigenvalue weighted by Crippen LogP contribution is 2.18. The molecule has 1 unspecified atom stereocenters. The van der Waals surface area contributed by atoms with Crippen molar-refractivity contribution in [3.05, 3.63) is 58.0 Å². The van der Waals surface area contributed by atoms with Gasteiger partial charge in [0, 0.05) is 10.4 Å². The fraction of sp³-hybridized carbons (Fsp3) is 0.0769. The number of thiophene rings is 1. The van der Waals surface area contributed by atoms with Gasteiger partial charge in [-0.15, -0.1) is 11.3 Å². The van der Waals surface area contributed by atoms with E-state index in [4.69, 9.17) is 5.26 Å². The molecule has 90 valence electrons. The van der Waals surface area contributed by atoms with Crippen molar-refractivity contribution in [3.8, 4) is 6.07 Å². The Morgan fingerprint density at radius 2 is 2.06 bits per heavy atom. The van der Waals surface area contributed by atoms with Crippen molar-refractivity contribution in [2.75, 3.05) is 0 Å². The summed E-state index contributed by atoms with van der Waals surface area (Å²) in [5.41, 5.74) is 0.327. The van der Waals surface area contributed by atoms with Gasteiger partial charge in [-0.3, -0.25) is 4.79 Å². The Kier molecular flexibility index (Phi) is 3.70. The lowest BCUT2D eigenvalue weighted by molar-refractivity contribution is 0.0945. The van der Waals surface area contributed by atoms with Gasteiger partial charge >= 0.3 is 0 Å². The molecule has 1 aromatic heterocycles. The molecule has 0 bridgehead atoms. The second kappa shape index (κ2) is 5.43. The van der Waals surface area contributed by atoms with Crippen LogP contribution in [-0.4, -0.2) is 5.91 Å². The number of hydrogen-bond acceptors (Lipinski definition) is 3. The average molecular weight is 260 g/mol. The van der Waals surface area contributed by atoms with Gasteiger partial charge in [-0.2, -0.15) is 5.26 Å². The van der Waals surface area contributed by atoms with Crippen LogP contribution in [0.25, 0.3) is 0 Å². The summed E-state index contributed by atoms with van der Waals surface area (Å²) < 4.78 is 12.7. The van der Waals surface area contributed by atoms with Gasteiger partial charge in [0.1, 0.15) is 5.82 Å². The Hall–Kier alpha value is -2.19. The molecule has 5 heteroatoms. The summed E-state index contributed by atoms with van der Waals surface area (Å²) in [5, 5.41) is 13.4. The molecule has 0 aliphatic carbocycles. The molecule has 0 saturated heterocycles. The molecule has 1 N–H and O–H groups in total. The molecule has 2 aromatic rings. The summed E-state index contributed by atoms with van der Waals surface area (Å²) in [4.78, 5) is 12.6. The van der Waals surface area contributed by atoms with Crippen LogP contribution in [0.2, 0.25) is 0 Å². The number of hydrogen-bond donors (Lipinski definition) is 1. The molecule has 0 spiro atoms. The van der Waals surface area contributed by atoms with Crippen LogP contribution in [-0.2, 0) is 0 Å². The Bertz CT molecular complexity index is 572. The lowest BCUT2D eigenvalue weighted by atomic mass is 10.2. The molecule has 2 rings (SSSR count). The number of halogens is 1. The molecule has 1 heterocycles. The zero-order chi connectivity index (χ0) is 13.0. The van der Waals surface area contributed by atoms with E-state index in [2.05, 4.69) is 5.32 Å². The van der Waals surface area contributed by atoms with E-state index < -0.39 is 17.8 Å². The van der Waals surface area contributed by atoms with E-state index in [1.165, 1.54) is 35.6 Å². The van der Waals surface area contributed by atoms with E-state index >= 15 is 0 Å². The maximum atomic E-state index is 12.7. The minimum absolute atomic E-state index is 0.327. The molecule has 1 aromatic carbocycles. The number of nitrogens with one attached hydrogen (secondary N) is 1. The Balaban J connectivity index is 2.11. The Morgan fingerprint density at radius 1 is 1.33 bits per heavy atom. The summed E-state index contributed by atoms with van der Waals surface area (Å²) >= 11 is 1.40. The van der Waals surface area contributed by atoms with Gasteiger partial charge in [0.05, 0.1) is 6.07 Å². The van der Waals surface area contributed by atoms with E-state index in [0.717, 1.165) is 4.88 Å². The molecule has 0 aliphatic rings. The van der Waals surface area contributed by atoms with E-state index in [0.29, 0.717) is 5.56 Å². The molecule has 1 amide bonds. The third-order valence-corrected chi connectivity index (χ3v) is 3.28. The molecule has 0 aliphatic heterocycles. The predicted octanol–water partition coefficient (Wildman–Crippen LogP) is 2.88. The van der Waals surface area contributed by atoms with Crippen molar-refractivity contribution >= 4 is 17.2 Å². The second-order valence-corrected chi connectivity index (χ2v) is 4.54. The minimum atomic E-state index is -0.678. The van der Waals surface area contributed by atoms with Crippen molar-refractivity contribution in [2.45, 2.75) is 6.04 Å². The number of benzene rings is 1. The van der Waals surface area contributed by atoms with Crippen LogP contribution in [0.15, 0.2) is 41.8 Å². The first kappa shape index (κ1) is 12.3. The number of amides is 1. The fourth-order valence-electron chi connectivity index (χ4n) is 1.44. The molecular weight excluding hydrogens is 251 g/mol. The molecule has 0 radical (unpaired) electrons. The lowest BCUT2D eigenvalue weighted by Gasteiger charge is -2.09. The quantitative estimate of drug-likeness (QED) is 0.922.